The summed E-state index contributed by atoms with van der Waals surface area (Å²) in [6.45, 7) is 3.77. The smallest absolute Gasteiger partial charge is 0.236 e. The van der Waals surface area contributed by atoms with Gasteiger partial charge < -0.3 is 14.5 Å². The normalized spacial score (nSPS) is 24.2. The van der Waals surface area contributed by atoms with Crippen LogP contribution >= 0.6 is 11.6 Å². The first-order valence-corrected chi connectivity index (χ1v) is 9.96. The number of carbonyl (C=O) groups excluding carboxylic acids is 1. The summed E-state index contributed by atoms with van der Waals surface area (Å²) in [4.78, 5) is 19.2. The molecule has 6 heteroatoms. The molecule has 1 amide bonds. The van der Waals surface area contributed by atoms with Crippen molar-refractivity contribution in [3.8, 4) is 0 Å². The van der Waals surface area contributed by atoms with Crippen LogP contribution in [-0.4, -0.2) is 74.7 Å². The lowest BCUT2D eigenvalue weighted by atomic mass is 9.92. The van der Waals surface area contributed by atoms with E-state index in [0.29, 0.717) is 18.7 Å². The zero-order valence-corrected chi connectivity index (χ0v) is 16.6. The number of anilines is 1. The van der Waals surface area contributed by atoms with Crippen molar-refractivity contribution in [1.29, 1.82) is 0 Å². The number of hydrogen-bond donors (Lipinski definition) is 0. The largest absolute Gasteiger partial charge is 0.381 e. The molecule has 0 aromatic heterocycles. The number of piperazine rings is 1. The van der Waals surface area contributed by atoms with Gasteiger partial charge in [0.15, 0.2) is 0 Å². The zero-order chi connectivity index (χ0) is 18.5. The Morgan fingerprint density at radius 3 is 2.50 bits per heavy atom. The first-order valence-electron chi connectivity index (χ1n) is 9.58. The SMILES string of the molecule is COC1CCC(N(C)CC(=O)N2CCN(c3cccc(Cl)c3)CC2)CC1. The third-order valence-corrected chi connectivity index (χ3v) is 6.03. The summed E-state index contributed by atoms with van der Waals surface area (Å²) in [5.41, 5.74) is 1.14. The minimum absolute atomic E-state index is 0.243. The summed E-state index contributed by atoms with van der Waals surface area (Å²) in [5.74, 6) is 0.243. The van der Waals surface area contributed by atoms with Gasteiger partial charge in [-0.3, -0.25) is 9.69 Å². The Hall–Kier alpha value is -1.30. The number of hydrogen-bond acceptors (Lipinski definition) is 4. The second-order valence-corrected chi connectivity index (χ2v) is 7.87. The third-order valence-electron chi connectivity index (χ3n) is 5.79. The van der Waals surface area contributed by atoms with E-state index in [1.807, 2.05) is 23.1 Å². The molecule has 1 aliphatic carbocycles. The predicted molar refractivity (Wildman–Crippen MR) is 106 cm³/mol. The molecule has 0 unspecified atom stereocenters. The summed E-state index contributed by atoms with van der Waals surface area (Å²) >= 11 is 6.09. The van der Waals surface area contributed by atoms with Crippen molar-refractivity contribution in [2.24, 2.45) is 0 Å². The predicted octanol–water partition coefficient (Wildman–Crippen LogP) is 2.88. The Labute approximate surface area is 161 Å². The van der Waals surface area contributed by atoms with E-state index in [4.69, 9.17) is 16.3 Å². The molecule has 1 aliphatic heterocycles. The minimum atomic E-state index is 0.243. The number of nitrogens with zero attached hydrogens (tertiary/aromatic N) is 3. The summed E-state index contributed by atoms with van der Waals surface area (Å²) in [5, 5.41) is 0.755. The maximum Gasteiger partial charge on any atom is 0.236 e. The van der Waals surface area contributed by atoms with Crippen LogP contribution < -0.4 is 4.90 Å². The Kier molecular flexibility index (Phi) is 6.79. The lowest BCUT2D eigenvalue weighted by molar-refractivity contribution is -0.133. The van der Waals surface area contributed by atoms with Crippen LogP contribution in [0.1, 0.15) is 25.7 Å². The van der Waals surface area contributed by atoms with Crippen LogP contribution in [0.2, 0.25) is 5.02 Å². The highest BCUT2D eigenvalue weighted by Gasteiger charge is 2.27. The van der Waals surface area contributed by atoms with E-state index in [0.717, 1.165) is 62.6 Å². The summed E-state index contributed by atoms with van der Waals surface area (Å²) in [6.07, 6.45) is 4.82. The lowest BCUT2D eigenvalue weighted by Gasteiger charge is -2.38. The molecule has 1 aromatic carbocycles. The minimum Gasteiger partial charge on any atom is -0.381 e. The fraction of sp³-hybridized carbons (Fsp3) is 0.650. The van der Waals surface area contributed by atoms with Crippen molar-refractivity contribution in [1.82, 2.24) is 9.80 Å². The Balaban J connectivity index is 1.45. The van der Waals surface area contributed by atoms with Crippen LogP contribution in [0, 0.1) is 0 Å². The molecule has 0 spiro atoms. The monoisotopic (exact) mass is 379 g/mol. The number of ether oxygens (including phenoxy) is 1. The third kappa shape index (κ3) is 4.90. The molecule has 0 radical (unpaired) electrons. The number of methoxy groups -OCH3 is 1. The van der Waals surface area contributed by atoms with Gasteiger partial charge in [-0.05, 0) is 50.9 Å². The quantitative estimate of drug-likeness (QED) is 0.788. The molecule has 1 saturated carbocycles. The van der Waals surface area contributed by atoms with Gasteiger partial charge in [-0.15, -0.1) is 0 Å². The van der Waals surface area contributed by atoms with Crippen molar-refractivity contribution in [2.75, 3.05) is 51.8 Å². The fourth-order valence-electron chi connectivity index (χ4n) is 4.05. The van der Waals surface area contributed by atoms with Gasteiger partial charge in [0.25, 0.3) is 0 Å². The van der Waals surface area contributed by atoms with Crippen LogP contribution in [0.4, 0.5) is 5.69 Å². The van der Waals surface area contributed by atoms with Crippen molar-refractivity contribution in [3.63, 3.8) is 0 Å². The molecule has 1 saturated heterocycles. The Bertz CT molecular complexity index is 596. The van der Waals surface area contributed by atoms with Gasteiger partial charge in [0.2, 0.25) is 5.91 Å². The highest BCUT2D eigenvalue weighted by Crippen LogP contribution is 2.24. The molecule has 0 bridgehead atoms. The Morgan fingerprint density at radius 1 is 1.19 bits per heavy atom. The van der Waals surface area contributed by atoms with Gasteiger partial charge >= 0.3 is 0 Å². The maximum absolute atomic E-state index is 12.7. The van der Waals surface area contributed by atoms with Gasteiger partial charge in [0, 0.05) is 50.0 Å². The highest BCUT2D eigenvalue weighted by atomic mass is 35.5. The first-order chi connectivity index (χ1) is 12.6. The topological polar surface area (TPSA) is 36.0 Å². The molecule has 0 N–H and O–H groups in total. The molecule has 5 nitrogen and oxygen atoms in total. The average molecular weight is 380 g/mol. The van der Waals surface area contributed by atoms with Gasteiger partial charge in [-0.2, -0.15) is 0 Å². The van der Waals surface area contributed by atoms with Gasteiger partial charge in [0.05, 0.1) is 12.6 Å². The van der Waals surface area contributed by atoms with E-state index in [-0.39, 0.29) is 5.91 Å². The van der Waals surface area contributed by atoms with Crippen LogP contribution in [0.15, 0.2) is 24.3 Å². The molecule has 144 valence electrons. The molecule has 1 aromatic rings. The first kappa shape index (κ1) is 19.5. The Morgan fingerprint density at radius 2 is 1.88 bits per heavy atom. The standard InChI is InChI=1S/C20H30ClN3O2/c1-22(17-6-8-19(26-2)9-7-17)15-20(25)24-12-10-23(11-13-24)18-5-3-4-16(21)14-18/h3-5,14,17,19H,6-13,15H2,1-2H3. The lowest BCUT2D eigenvalue weighted by Crippen LogP contribution is -2.52. The number of likely N-dealkylation sites (N-methyl/N-ethyl adjacent to an activating group) is 1. The molecule has 0 atom stereocenters. The zero-order valence-electron chi connectivity index (χ0n) is 15.9. The van der Waals surface area contributed by atoms with Crippen molar-refractivity contribution >= 4 is 23.2 Å². The van der Waals surface area contributed by atoms with Gasteiger partial charge in [0.1, 0.15) is 0 Å². The number of halogens is 1. The second kappa shape index (κ2) is 9.07. The summed E-state index contributed by atoms with van der Waals surface area (Å²) in [6, 6.07) is 8.43. The molecular weight excluding hydrogens is 350 g/mol. The molecule has 1 heterocycles. The molecule has 26 heavy (non-hydrogen) atoms. The summed E-state index contributed by atoms with van der Waals surface area (Å²) < 4.78 is 5.44. The van der Waals surface area contributed by atoms with Crippen molar-refractivity contribution in [2.45, 2.75) is 37.8 Å². The number of benzene rings is 1. The molecule has 3 rings (SSSR count). The number of rotatable bonds is 5. The number of amides is 1. The molecule has 2 aliphatic rings. The fourth-order valence-corrected chi connectivity index (χ4v) is 4.24. The van der Waals surface area contributed by atoms with Crippen molar-refractivity contribution < 1.29 is 9.53 Å². The van der Waals surface area contributed by atoms with Gasteiger partial charge in [-0.25, -0.2) is 0 Å². The van der Waals surface area contributed by atoms with E-state index < -0.39 is 0 Å². The molecular formula is C20H30ClN3O2. The number of carbonyl (C=O) groups is 1. The van der Waals surface area contributed by atoms with E-state index in [9.17, 15) is 4.79 Å². The maximum atomic E-state index is 12.7. The highest BCUT2D eigenvalue weighted by molar-refractivity contribution is 6.30. The van der Waals surface area contributed by atoms with Crippen LogP contribution in [0.3, 0.4) is 0 Å². The van der Waals surface area contributed by atoms with Crippen LogP contribution in [0.25, 0.3) is 0 Å². The van der Waals surface area contributed by atoms with E-state index in [2.05, 4.69) is 22.9 Å². The van der Waals surface area contributed by atoms with Crippen LogP contribution in [0.5, 0.6) is 0 Å². The van der Waals surface area contributed by atoms with E-state index >= 15 is 0 Å². The second-order valence-electron chi connectivity index (χ2n) is 7.43. The average Bonchev–Trinajstić information content (AvgIpc) is 2.68. The summed E-state index contributed by atoms with van der Waals surface area (Å²) in [7, 11) is 3.87. The molecule has 2 fully saturated rings. The van der Waals surface area contributed by atoms with E-state index in [1.165, 1.54) is 0 Å². The van der Waals surface area contributed by atoms with Crippen molar-refractivity contribution in [3.05, 3.63) is 29.3 Å². The van der Waals surface area contributed by atoms with Gasteiger partial charge in [-0.1, -0.05) is 17.7 Å². The van der Waals surface area contributed by atoms with Crippen LogP contribution in [-0.2, 0) is 9.53 Å². The van der Waals surface area contributed by atoms with E-state index in [1.54, 1.807) is 7.11 Å².